The molecule has 2 rings (SSSR count). The van der Waals surface area contributed by atoms with Gasteiger partial charge in [-0.3, -0.25) is 0 Å². The van der Waals surface area contributed by atoms with Gasteiger partial charge in [0.05, 0.1) is 0 Å². The average molecular weight is 162 g/mol. The van der Waals surface area contributed by atoms with Crippen LogP contribution >= 0.6 is 0 Å². The highest BCUT2D eigenvalue weighted by Gasteiger charge is 2.14. The van der Waals surface area contributed by atoms with Crippen molar-refractivity contribution in [2.24, 2.45) is 5.18 Å². The fourth-order valence-electron chi connectivity index (χ4n) is 1.78. The summed E-state index contributed by atoms with van der Waals surface area (Å²) in [5, 5.41) is 2.88. The van der Waals surface area contributed by atoms with Crippen molar-refractivity contribution in [2.75, 3.05) is 5.73 Å². The molecule has 1 aromatic rings. The van der Waals surface area contributed by atoms with Gasteiger partial charge in [-0.05, 0) is 47.7 Å². The SMILES string of the molecule is Nc1cc(N=O)cc2c1CCC2. The predicted molar refractivity (Wildman–Crippen MR) is 48.3 cm³/mol. The molecule has 1 aliphatic carbocycles. The molecule has 3 nitrogen and oxygen atoms in total. The van der Waals surface area contributed by atoms with Crippen molar-refractivity contribution in [1.82, 2.24) is 0 Å². The molecule has 0 aliphatic heterocycles. The maximum Gasteiger partial charge on any atom is 0.110 e. The van der Waals surface area contributed by atoms with Gasteiger partial charge in [-0.1, -0.05) is 0 Å². The number of hydrogen-bond acceptors (Lipinski definition) is 3. The molecule has 12 heavy (non-hydrogen) atoms. The van der Waals surface area contributed by atoms with Gasteiger partial charge in [0.2, 0.25) is 0 Å². The van der Waals surface area contributed by atoms with Crippen molar-refractivity contribution in [3.05, 3.63) is 28.2 Å². The Balaban J connectivity index is 2.58. The highest BCUT2D eigenvalue weighted by molar-refractivity contribution is 5.61. The summed E-state index contributed by atoms with van der Waals surface area (Å²) in [6.45, 7) is 0. The Morgan fingerprint density at radius 1 is 1.33 bits per heavy atom. The van der Waals surface area contributed by atoms with Crippen LogP contribution in [0.4, 0.5) is 11.4 Å². The van der Waals surface area contributed by atoms with Gasteiger partial charge in [0.15, 0.2) is 0 Å². The minimum absolute atomic E-state index is 0.452. The Morgan fingerprint density at radius 2 is 2.17 bits per heavy atom. The molecule has 0 atom stereocenters. The minimum atomic E-state index is 0.452. The second-order valence-electron chi connectivity index (χ2n) is 3.12. The van der Waals surface area contributed by atoms with E-state index in [-0.39, 0.29) is 0 Å². The van der Waals surface area contributed by atoms with E-state index in [1.54, 1.807) is 6.07 Å². The Bertz CT molecular complexity index is 334. The molecule has 0 amide bonds. The first-order valence-electron chi connectivity index (χ1n) is 4.06. The molecule has 0 spiro atoms. The Hall–Kier alpha value is -1.38. The van der Waals surface area contributed by atoms with Crippen LogP contribution in [0.25, 0.3) is 0 Å². The largest absolute Gasteiger partial charge is 0.398 e. The van der Waals surface area contributed by atoms with E-state index in [2.05, 4.69) is 5.18 Å². The molecule has 62 valence electrons. The van der Waals surface area contributed by atoms with Crippen LogP contribution in [0, 0.1) is 4.91 Å². The van der Waals surface area contributed by atoms with E-state index < -0.39 is 0 Å². The van der Waals surface area contributed by atoms with Crippen LogP contribution in [-0.2, 0) is 12.8 Å². The van der Waals surface area contributed by atoms with Gasteiger partial charge >= 0.3 is 0 Å². The number of nitrogens with two attached hydrogens (primary N) is 1. The second kappa shape index (κ2) is 2.59. The van der Waals surface area contributed by atoms with Gasteiger partial charge in [-0.25, -0.2) is 0 Å². The van der Waals surface area contributed by atoms with Crippen molar-refractivity contribution >= 4 is 11.4 Å². The van der Waals surface area contributed by atoms with Crippen molar-refractivity contribution in [3.8, 4) is 0 Å². The summed E-state index contributed by atoms with van der Waals surface area (Å²) in [6.07, 6.45) is 3.21. The summed E-state index contributed by atoms with van der Waals surface area (Å²) >= 11 is 0. The molecule has 2 N–H and O–H groups in total. The van der Waals surface area contributed by atoms with Crippen molar-refractivity contribution in [3.63, 3.8) is 0 Å². The average Bonchev–Trinajstić information content (AvgIpc) is 2.52. The molecular formula is C9H10N2O. The van der Waals surface area contributed by atoms with E-state index in [1.165, 1.54) is 11.1 Å². The molecule has 0 bridgehead atoms. The summed E-state index contributed by atoms with van der Waals surface area (Å²) in [7, 11) is 0. The van der Waals surface area contributed by atoms with Crippen LogP contribution in [0.2, 0.25) is 0 Å². The number of benzene rings is 1. The van der Waals surface area contributed by atoms with Gasteiger partial charge in [0, 0.05) is 5.69 Å². The zero-order valence-electron chi connectivity index (χ0n) is 6.71. The molecule has 1 aromatic carbocycles. The normalized spacial score (nSPS) is 14.3. The summed E-state index contributed by atoms with van der Waals surface area (Å²) in [6, 6.07) is 3.49. The maximum atomic E-state index is 10.3. The molecular weight excluding hydrogens is 152 g/mol. The lowest BCUT2D eigenvalue weighted by Crippen LogP contribution is -1.92. The van der Waals surface area contributed by atoms with Crippen molar-refractivity contribution in [1.29, 1.82) is 0 Å². The van der Waals surface area contributed by atoms with Gasteiger partial charge in [-0.15, -0.1) is 4.91 Å². The lowest BCUT2D eigenvalue weighted by Gasteiger charge is -2.02. The van der Waals surface area contributed by atoms with E-state index >= 15 is 0 Å². The van der Waals surface area contributed by atoms with Gasteiger partial charge in [0.1, 0.15) is 5.69 Å². The van der Waals surface area contributed by atoms with Gasteiger partial charge < -0.3 is 5.73 Å². The standard InChI is InChI=1S/C9H10N2O/c10-9-5-7(11-12)4-6-2-1-3-8(6)9/h4-5H,1-3,10H2. The Morgan fingerprint density at radius 3 is 2.92 bits per heavy atom. The quantitative estimate of drug-likeness (QED) is 0.508. The minimum Gasteiger partial charge on any atom is -0.398 e. The van der Waals surface area contributed by atoms with E-state index in [9.17, 15) is 4.91 Å². The number of hydrogen-bond donors (Lipinski definition) is 1. The number of fused-ring (bicyclic) bond motifs is 1. The van der Waals surface area contributed by atoms with E-state index in [0.717, 1.165) is 24.9 Å². The van der Waals surface area contributed by atoms with E-state index in [0.29, 0.717) is 5.69 Å². The fourth-order valence-corrected chi connectivity index (χ4v) is 1.78. The molecule has 0 saturated heterocycles. The van der Waals surface area contributed by atoms with Crippen LogP contribution in [0.3, 0.4) is 0 Å². The van der Waals surface area contributed by atoms with Crippen LogP contribution in [0.15, 0.2) is 17.3 Å². The van der Waals surface area contributed by atoms with Crippen molar-refractivity contribution < 1.29 is 0 Å². The lowest BCUT2D eigenvalue weighted by atomic mass is 10.1. The summed E-state index contributed by atoms with van der Waals surface area (Å²) < 4.78 is 0. The zero-order valence-corrected chi connectivity index (χ0v) is 6.71. The topological polar surface area (TPSA) is 55.4 Å². The third kappa shape index (κ3) is 0.978. The number of nitrogen functional groups attached to an aromatic ring is 1. The van der Waals surface area contributed by atoms with E-state index in [4.69, 9.17) is 5.73 Å². The number of nitroso groups, excluding NO2 is 1. The number of aryl methyl sites for hydroxylation is 1. The second-order valence-corrected chi connectivity index (χ2v) is 3.12. The lowest BCUT2D eigenvalue weighted by molar-refractivity contribution is 0.912. The summed E-state index contributed by atoms with van der Waals surface area (Å²) in [5.41, 5.74) is 9.33. The molecule has 0 unspecified atom stereocenters. The van der Waals surface area contributed by atoms with Crippen LogP contribution < -0.4 is 5.73 Å². The van der Waals surface area contributed by atoms with Crippen molar-refractivity contribution in [2.45, 2.75) is 19.3 Å². The number of anilines is 1. The molecule has 3 heteroatoms. The van der Waals surface area contributed by atoms with Crippen LogP contribution in [-0.4, -0.2) is 0 Å². The fraction of sp³-hybridized carbons (Fsp3) is 0.333. The number of rotatable bonds is 1. The number of nitrogens with zero attached hydrogens (tertiary/aromatic N) is 1. The first-order valence-corrected chi connectivity index (χ1v) is 4.06. The summed E-state index contributed by atoms with van der Waals surface area (Å²) in [5.74, 6) is 0. The molecule has 0 heterocycles. The van der Waals surface area contributed by atoms with Gasteiger partial charge in [0.25, 0.3) is 0 Å². The molecule has 0 aromatic heterocycles. The van der Waals surface area contributed by atoms with E-state index in [1.807, 2.05) is 6.07 Å². The van der Waals surface area contributed by atoms with Crippen LogP contribution in [0.1, 0.15) is 17.5 Å². The zero-order chi connectivity index (χ0) is 8.55. The summed E-state index contributed by atoms with van der Waals surface area (Å²) in [4.78, 5) is 10.3. The highest BCUT2D eigenvalue weighted by Crippen LogP contribution is 2.31. The monoisotopic (exact) mass is 162 g/mol. The third-order valence-electron chi connectivity index (χ3n) is 2.34. The Kier molecular flexibility index (Phi) is 1.57. The molecule has 0 saturated carbocycles. The molecule has 0 fully saturated rings. The molecule has 1 aliphatic rings. The first-order chi connectivity index (χ1) is 5.81. The predicted octanol–water partition coefficient (Wildman–Crippen LogP) is 2.16. The highest BCUT2D eigenvalue weighted by atomic mass is 16.3. The van der Waals surface area contributed by atoms with Gasteiger partial charge in [-0.2, -0.15) is 0 Å². The first kappa shape index (κ1) is 7.28. The molecule has 0 radical (unpaired) electrons. The third-order valence-corrected chi connectivity index (χ3v) is 2.34. The van der Waals surface area contributed by atoms with Crippen LogP contribution in [0.5, 0.6) is 0 Å². The Labute approximate surface area is 70.6 Å². The maximum absolute atomic E-state index is 10.3. The smallest absolute Gasteiger partial charge is 0.110 e.